The van der Waals surface area contributed by atoms with Crippen LogP contribution in [0.4, 0.5) is 0 Å². The molecule has 1 aromatic carbocycles. The van der Waals surface area contributed by atoms with Crippen LogP contribution in [-0.2, 0) is 23.1 Å². The minimum absolute atomic E-state index is 0.0241. The molecule has 0 N–H and O–H groups in total. The smallest absolute Gasteiger partial charge is 0.275 e. The lowest BCUT2D eigenvalue weighted by atomic mass is 10.2. The molecule has 0 aliphatic carbocycles. The van der Waals surface area contributed by atoms with Crippen LogP contribution in [0.3, 0.4) is 0 Å². The molecule has 1 aromatic heterocycles. The molecule has 1 aliphatic rings. The van der Waals surface area contributed by atoms with Gasteiger partial charge >= 0.3 is 0 Å². The van der Waals surface area contributed by atoms with Crippen molar-refractivity contribution in [1.82, 2.24) is 9.21 Å². The van der Waals surface area contributed by atoms with E-state index in [-0.39, 0.29) is 5.09 Å². The van der Waals surface area contributed by atoms with Crippen molar-refractivity contribution in [3.8, 4) is 5.75 Å². The molecule has 3 rings (SSSR count). The van der Waals surface area contributed by atoms with E-state index >= 15 is 0 Å². The predicted molar refractivity (Wildman–Crippen MR) is 85.6 cm³/mol. The van der Waals surface area contributed by atoms with Crippen molar-refractivity contribution in [1.29, 1.82) is 0 Å². The van der Waals surface area contributed by atoms with Crippen LogP contribution < -0.4 is 4.74 Å². The van der Waals surface area contributed by atoms with Crippen LogP contribution in [0.2, 0.25) is 0 Å². The van der Waals surface area contributed by atoms with Crippen molar-refractivity contribution < 1.29 is 17.6 Å². The van der Waals surface area contributed by atoms with Gasteiger partial charge in [-0.1, -0.05) is 18.2 Å². The van der Waals surface area contributed by atoms with E-state index in [1.54, 1.807) is 6.07 Å². The average Bonchev–Trinajstić information content (AvgIpc) is 2.88. The fraction of sp³-hybridized carbons (Fsp3) is 0.375. The second-order valence-corrected chi connectivity index (χ2v) is 7.76. The molecule has 0 saturated heterocycles. The summed E-state index contributed by atoms with van der Waals surface area (Å²) in [5, 5.41) is -0.0241. The Bertz CT molecular complexity index is 783. The highest BCUT2D eigenvalue weighted by molar-refractivity contribution is 7.88. The third-order valence-corrected chi connectivity index (χ3v) is 5.47. The molecule has 0 radical (unpaired) electrons. The SMILES string of the molecule is CN(C)S(=O)(=O)c1ccc(CN2CCOc3ccccc3C2)o1. The molecule has 2 heterocycles. The second kappa shape index (κ2) is 6.35. The summed E-state index contributed by atoms with van der Waals surface area (Å²) in [6, 6.07) is 11.2. The van der Waals surface area contributed by atoms with E-state index in [0.717, 1.165) is 28.7 Å². The second-order valence-electron chi connectivity index (χ2n) is 5.68. The number of benzene rings is 1. The maximum Gasteiger partial charge on any atom is 0.275 e. The first-order valence-corrected chi connectivity index (χ1v) is 8.85. The fourth-order valence-electron chi connectivity index (χ4n) is 2.50. The van der Waals surface area contributed by atoms with Crippen molar-refractivity contribution in [2.75, 3.05) is 27.2 Å². The molecule has 0 saturated carbocycles. The predicted octanol–water partition coefficient (Wildman–Crippen LogP) is 1.92. The standard InChI is InChI=1S/C16H20N2O4S/c1-17(2)23(19,20)16-8-7-14(22-16)12-18-9-10-21-15-6-4-3-5-13(15)11-18/h3-8H,9-12H2,1-2H3. The number of ether oxygens (including phenoxy) is 1. The van der Waals surface area contributed by atoms with Gasteiger partial charge in [0.1, 0.15) is 18.1 Å². The Labute approximate surface area is 136 Å². The van der Waals surface area contributed by atoms with E-state index in [2.05, 4.69) is 4.90 Å². The quantitative estimate of drug-likeness (QED) is 0.854. The first-order valence-electron chi connectivity index (χ1n) is 7.41. The first kappa shape index (κ1) is 16.0. The van der Waals surface area contributed by atoms with Crippen LogP contribution in [0.5, 0.6) is 5.75 Å². The highest BCUT2D eigenvalue weighted by Gasteiger charge is 2.22. The Morgan fingerprint density at radius 3 is 2.74 bits per heavy atom. The van der Waals surface area contributed by atoms with Crippen LogP contribution in [0.1, 0.15) is 11.3 Å². The number of nitrogens with zero attached hydrogens (tertiary/aromatic N) is 2. The van der Waals surface area contributed by atoms with Gasteiger partial charge in [0.25, 0.3) is 10.0 Å². The number of rotatable bonds is 4. The highest BCUT2D eigenvalue weighted by atomic mass is 32.2. The molecule has 23 heavy (non-hydrogen) atoms. The Hall–Kier alpha value is -1.83. The summed E-state index contributed by atoms with van der Waals surface area (Å²) in [7, 11) is -0.556. The summed E-state index contributed by atoms with van der Waals surface area (Å²) in [5.74, 6) is 1.54. The first-order chi connectivity index (χ1) is 11.0. The molecular weight excluding hydrogens is 316 g/mol. The van der Waals surface area contributed by atoms with E-state index in [9.17, 15) is 8.42 Å². The summed E-state index contributed by atoms with van der Waals surface area (Å²) in [6.45, 7) is 2.64. The molecule has 0 amide bonds. The van der Waals surface area contributed by atoms with Crippen molar-refractivity contribution in [2.24, 2.45) is 0 Å². The van der Waals surface area contributed by atoms with E-state index in [1.807, 2.05) is 24.3 Å². The lowest BCUT2D eigenvalue weighted by Crippen LogP contribution is -2.25. The zero-order valence-electron chi connectivity index (χ0n) is 13.2. The van der Waals surface area contributed by atoms with Crippen molar-refractivity contribution in [3.05, 3.63) is 47.7 Å². The molecule has 6 nitrogen and oxygen atoms in total. The lowest BCUT2D eigenvalue weighted by molar-refractivity contribution is 0.202. The lowest BCUT2D eigenvalue weighted by Gasteiger charge is -2.17. The molecule has 1 aliphatic heterocycles. The van der Waals surface area contributed by atoms with E-state index in [4.69, 9.17) is 9.15 Å². The number of para-hydroxylation sites is 1. The molecular formula is C16H20N2O4S. The molecule has 2 aromatic rings. The largest absolute Gasteiger partial charge is 0.492 e. The van der Waals surface area contributed by atoms with Gasteiger partial charge in [-0.05, 0) is 18.2 Å². The molecule has 0 bridgehead atoms. The van der Waals surface area contributed by atoms with Gasteiger partial charge in [-0.2, -0.15) is 0 Å². The van der Waals surface area contributed by atoms with Gasteiger partial charge in [-0.25, -0.2) is 12.7 Å². The van der Waals surface area contributed by atoms with E-state index in [0.29, 0.717) is 18.9 Å². The van der Waals surface area contributed by atoms with E-state index < -0.39 is 10.0 Å². The maximum absolute atomic E-state index is 12.1. The van der Waals surface area contributed by atoms with Gasteiger partial charge in [0.2, 0.25) is 5.09 Å². The van der Waals surface area contributed by atoms with Gasteiger partial charge in [-0.3, -0.25) is 4.90 Å². The molecule has 0 atom stereocenters. The number of fused-ring (bicyclic) bond motifs is 1. The monoisotopic (exact) mass is 336 g/mol. The summed E-state index contributed by atoms with van der Waals surface area (Å²) < 4.78 is 36.5. The number of sulfonamides is 1. The fourth-order valence-corrected chi connectivity index (χ4v) is 3.31. The van der Waals surface area contributed by atoms with Crippen LogP contribution in [-0.4, -0.2) is 44.9 Å². The van der Waals surface area contributed by atoms with Crippen LogP contribution >= 0.6 is 0 Å². The van der Waals surface area contributed by atoms with Crippen molar-refractivity contribution >= 4 is 10.0 Å². The number of furan rings is 1. The van der Waals surface area contributed by atoms with Gasteiger partial charge < -0.3 is 9.15 Å². The number of hydrogen-bond acceptors (Lipinski definition) is 5. The Balaban J connectivity index is 1.75. The minimum Gasteiger partial charge on any atom is -0.492 e. The summed E-state index contributed by atoms with van der Waals surface area (Å²) in [4.78, 5) is 2.18. The third kappa shape index (κ3) is 3.41. The van der Waals surface area contributed by atoms with Gasteiger partial charge in [-0.15, -0.1) is 0 Å². The molecule has 0 unspecified atom stereocenters. The highest BCUT2D eigenvalue weighted by Crippen LogP contribution is 2.24. The molecule has 7 heteroatoms. The molecule has 0 fully saturated rings. The van der Waals surface area contributed by atoms with E-state index in [1.165, 1.54) is 20.2 Å². The summed E-state index contributed by atoms with van der Waals surface area (Å²) in [6.07, 6.45) is 0. The van der Waals surface area contributed by atoms with Crippen molar-refractivity contribution in [2.45, 2.75) is 18.2 Å². The normalized spacial score (nSPS) is 16.0. The van der Waals surface area contributed by atoms with Crippen LogP contribution in [0.25, 0.3) is 0 Å². The Morgan fingerprint density at radius 2 is 1.96 bits per heavy atom. The van der Waals surface area contributed by atoms with Gasteiger partial charge in [0.15, 0.2) is 0 Å². The van der Waals surface area contributed by atoms with Crippen LogP contribution in [0.15, 0.2) is 45.9 Å². The Morgan fingerprint density at radius 1 is 1.17 bits per heavy atom. The Kier molecular flexibility index (Phi) is 4.43. The van der Waals surface area contributed by atoms with Gasteiger partial charge in [0.05, 0.1) is 6.54 Å². The number of hydrogen-bond donors (Lipinski definition) is 0. The van der Waals surface area contributed by atoms with Crippen LogP contribution in [0, 0.1) is 0 Å². The zero-order chi connectivity index (χ0) is 16.4. The zero-order valence-corrected chi connectivity index (χ0v) is 14.0. The average molecular weight is 336 g/mol. The molecule has 0 spiro atoms. The third-order valence-electron chi connectivity index (χ3n) is 3.78. The molecule has 124 valence electrons. The summed E-state index contributed by atoms with van der Waals surface area (Å²) in [5.41, 5.74) is 1.12. The summed E-state index contributed by atoms with van der Waals surface area (Å²) >= 11 is 0. The topological polar surface area (TPSA) is 63.0 Å². The van der Waals surface area contributed by atoms with Gasteiger partial charge in [0, 0.05) is 32.7 Å². The van der Waals surface area contributed by atoms with Crippen molar-refractivity contribution in [3.63, 3.8) is 0 Å². The maximum atomic E-state index is 12.1. The minimum atomic E-state index is -3.53.